The van der Waals surface area contributed by atoms with Gasteiger partial charge >= 0.3 is 0 Å². The van der Waals surface area contributed by atoms with Crippen molar-refractivity contribution < 1.29 is 4.74 Å². The molecule has 2 aliphatic rings. The molecule has 2 aliphatic carbocycles. The van der Waals surface area contributed by atoms with E-state index < -0.39 is 0 Å². The van der Waals surface area contributed by atoms with Crippen molar-refractivity contribution >= 4 is 18.1 Å². The van der Waals surface area contributed by atoms with Crippen molar-refractivity contribution in [3.8, 4) is 0 Å². The Morgan fingerprint density at radius 1 is 1.20 bits per heavy atom. The Morgan fingerprint density at radius 2 is 1.97 bits per heavy atom. The van der Waals surface area contributed by atoms with Crippen LogP contribution >= 0.6 is 0 Å². The van der Waals surface area contributed by atoms with Crippen LogP contribution in [0.2, 0.25) is 0 Å². The number of allylic oxidation sites excluding steroid dienone is 3. The zero-order valence-electron chi connectivity index (χ0n) is 17.9. The lowest BCUT2D eigenvalue weighted by molar-refractivity contribution is 0.291. The monoisotopic (exact) mass is 399 g/mol. The summed E-state index contributed by atoms with van der Waals surface area (Å²) in [4.78, 5) is 8.74. The molecule has 1 fully saturated rings. The third-order valence-corrected chi connectivity index (χ3v) is 6.27. The Morgan fingerprint density at radius 3 is 2.63 bits per heavy atom. The zero-order chi connectivity index (χ0) is 21.3. The lowest BCUT2D eigenvalue weighted by Gasteiger charge is -2.22. The lowest BCUT2D eigenvalue weighted by atomic mass is 9.90. The van der Waals surface area contributed by atoms with Crippen molar-refractivity contribution in [2.24, 2.45) is 4.99 Å². The van der Waals surface area contributed by atoms with Crippen LogP contribution in [-0.2, 0) is 23.0 Å². The second kappa shape index (κ2) is 7.94. The molecule has 1 saturated carbocycles. The van der Waals surface area contributed by atoms with E-state index >= 15 is 0 Å². The maximum atomic E-state index is 5.33. The summed E-state index contributed by atoms with van der Waals surface area (Å²) in [5, 5.41) is 3.50. The first-order valence-electron chi connectivity index (χ1n) is 10.5. The second-order valence-electron chi connectivity index (χ2n) is 8.22. The van der Waals surface area contributed by atoms with E-state index in [2.05, 4.69) is 48.4 Å². The predicted molar refractivity (Wildman–Crippen MR) is 125 cm³/mol. The summed E-state index contributed by atoms with van der Waals surface area (Å²) in [6, 6.07) is 11.0. The normalized spacial score (nSPS) is 16.9. The Balaban J connectivity index is 1.62. The van der Waals surface area contributed by atoms with Crippen molar-refractivity contribution in [3.05, 3.63) is 89.1 Å². The topological polar surface area (TPSA) is 46.5 Å². The number of hydrogen-bond acceptors (Lipinski definition) is 4. The zero-order valence-corrected chi connectivity index (χ0v) is 17.9. The molecule has 4 rings (SSSR count). The van der Waals surface area contributed by atoms with Crippen LogP contribution in [0.3, 0.4) is 0 Å². The SMILES string of the molecule is C=C/C(=C(\N=C)OC)c1cc(C)cc(NC(=C)C2(c3ccc4c(c3)CCC4)CC2)n1. The minimum atomic E-state index is 0.000672. The van der Waals surface area contributed by atoms with Crippen molar-refractivity contribution in [1.29, 1.82) is 0 Å². The summed E-state index contributed by atoms with van der Waals surface area (Å²) in [5.41, 5.74) is 7.92. The van der Waals surface area contributed by atoms with Crippen LogP contribution in [0.15, 0.2) is 66.1 Å². The highest BCUT2D eigenvalue weighted by Crippen LogP contribution is 2.53. The summed E-state index contributed by atoms with van der Waals surface area (Å²) >= 11 is 0. The van der Waals surface area contributed by atoms with Gasteiger partial charge in [-0.05, 0) is 80.1 Å². The van der Waals surface area contributed by atoms with Crippen LogP contribution in [0.5, 0.6) is 0 Å². The van der Waals surface area contributed by atoms with Crippen LogP contribution in [0, 0.1) is 6.92 Å². The smallest absolute Gasteiger partial charge is 0.222 e. The van der Waals surface area contributed by atoms with E-state index in [0.717, 1.165) is 35.6 Å². The first-order valence-corrected chi connectivity index (χ1v) is 10.5. The van der Waals surface area contributed by atoms with Crippen LogP contribution in [0.1, 0.15) is 47.2 Å². The minimum Gasteiger partial charge on any atom is -0.481 e. The summed E-state index contributed by atoms with van der Waals surface area (Å²) in [7, 11) is 1.57. The summed E-state index contributed by atoms with van der Waals surface area (Å²) in [5.74, 6) is 1.17. The van der Waals surface area contributed by atoms with Gasteiger partial charge in [-0.25, -0.2) is 9.98 Å². The quantitative estimate of drug-likeness (QED) is 0.350. The van der Waals surface area contributed by atoms with Crippen LogP contribution < -0.4 is 5.32 Å². The average Bonchev–Trinajstić information content (AvgIpc) is 3.42. The number of rotatable bonds is 8. The van der Waals surface area contributed by atoms with Gasteiger partial charge < -0.3 is 10.1 Å². The third-order valence-electron chi connectivity index (χ3n) is 6.27. The number of benzene rings is 1. The van der Waals surface area contributed by atoms with Gasteiger partial charge in [0.1, 0.15) is 5.82 Å². The van der Waals surface area contributed by atoms with Gasteiger partial charge in [-0.1, -0.05) is 37.4 Å². The molecule has 1 heterocycles. The first-order chi connectivity index (χ1) is 14.5. The average molecular weight is 400 g/mol. The highest BCUT2D eigenvalue weighted by Gasteiger charge is 2.47. The fourth-order valence-corrected chi connectivity index (χ4v) is 4.46. The molecule has 0 radical (unpaired) electrons. The van der Waals surface area contributed by atoms with Gasteiger partial charge in [-0.15, -0.1) is 0 Å². The third kappa shape index (κ3) is 3.58. The molecule has 0 atom stereocenters. The molecule has 4 nitrogen and oxygen atoms in total. The number of nitrogens with one attached hydrogen (secondary N) is 1. The van der Waals surface area contributed by atoms with Gasteiger partial charge in [0.15, 0.2) is 0 Å². The van der Waals surface area contributed by atoms with Crippen LogP contribution in [-0.4, -0.2) is 18.8 Å². The molecule has 1 aromatic heterocycles. The van der Waals surface area contributed by atoms with Gasteiger partial charge in [0.05, 0.1) is 18.4 Å². The summed E-state index contributed by atoms with van der Waals surface area (Å²) < 4.78 is 5.33. The molecule has 0 bridgehead atoms. The standard InChI is InChI=1S/C26H29N3O/c1-6-22(25(27-4)30-5)23-14-17(2)15-24(29-23)28-18(3)26(12-13-26)21-11-10-19-8-7-9-20(19)16-21/h6,10-11,14-16H,1,3-4,7-9,12-13H2,2,5H3,(H,28,29)/b25-22-. The lowest BCUT2D eigenvalue weighted by Crippen LogP contribution is -2.17. The molecular formula is C26H29N3O. The molecule has 0 spiro atoms. The number of ether oxygens (including phenoxy) is 1. The Kier molecular flexibility index (Phi) is 5.33. The summed E-state index contributed by atoms with van der Waals surface area (Å²) in [6.45, 7) is 13.9. The van der Waals surface area contributed by atoms with Gasteiger partial charge in [-0.3, -0.25) is 0 Å². The summed E-state index contributed by atoms with van der Waals surface area (Å²) in [6.07, 6.45) is 7.59. The number of aryl methyl sites for hydroxylation is 3. The Bertz CT molecular complexity index is 1060. The molecular weight excluding hydrogens is 370 g/mol. The van der Waals surface area contributed by atoms with E-state index in [-0.39, 0.29) is 5.41 Å². The number of anilines is 1. The molecule has 0 amide bonds. The van der Waals surface area contributed by atoms with Crippen molar-refractivity contribution in [2.45, 2.75) is 44.4 Å². The Hall–Kier alpha value is -3.14. The highest BCUT2D eigenvalue weighted by atomic mass is 16.5. The molecule has 0 aliphatic heterocycles. The van der Waals surface area contributed by atoms with E-state index in [1.165, 1.54) is 36.0 Å². The maximum absolute atomic E-state index is 5.33. The molecule has 30 heavy (non-hydrogen) atoms. The Labute approximate surface area is 179 Å². The van der Waals surface area contributed by atoms with Crippen molar-refractivity contribution in [1.82, 2.24) is 4.98 Å². The van der Waals surface area contributed by atoms with Crippen molar-refractivity contribution in [3.63, 3.8) is 0 Å². The van der Waals surface area contributed by atoms with Crippen LogP contribution in [0.25, 0.3) is 5.57 Å². The van der Waals surface area contributed by atoms with Crippen molar-refractivity contribution in [2.75, 3.05) is 12.4 Å². The second-order valence-corrected chi connectivity index (χ2v) is 8.22. The van der Waals surface area contributed by atoms with E-state index in [1.807, 2.05) is 19.1 Å². The van der Waals surface area contributed by atoms with E-state index in [0.29, 0.717) is 11.5 Å². The number of aliphatic imine (C=N–C) groups is 1. The number of nitrogens with zero attached hydrogens (tertiary/aromatic N) is 2. The van der Waals surface area contributed by atoms with Gasteiger partial charge in [-0.2, -0.15) is 0 Å². The first kappa shape index (κ1) is 20.1. The highest BCUT2D eigenvalue weighted by molar-refractivity contribution is 5.74. The number of fused-ring (bicyclic) bond motifs is 1. The van der Waals surface area contributed by atoms with Gasteiger partial charge in [0, 0.05) is 11.1 Å². The molecule has 2 aromatic rings. The number of methoxy groups -OCH3 is 1. The predicted octanol–water partition coefficient (Wildman–Crippen LogP) is 5.74. The van der Waals surface area contributed by atoms with E-state index in [1.54, 1.807) is 13.2 Å². The molecule has 1 aromatic carbocycles. The maximum Gasteiger partial charge on any atom is 0.222 e. The molecule has 0 saturated heterocycles. The van der Waals surface area contributed by atoms with Gasteiger partial charge in [0.2, 0.25) is 5.88 Å². The van der Waals surface area contributed by atoms with E-state index in [4.69, 9.17) is 9.72 Å². The number of hydrogen-bond donors (Lipinski definition) is 1. The molecule has 154 valence electrons. The fraction of sp³-hybridized carbons (Fsp3) is 0.308. The van der Waals surface area contributed by atoms with E-state index in [9.17, 15) is 0 Å². The largest absolute Gasteiger partial charge is 0.481 e. The molecule has 4 heteroatoms. The minimum absolute atomic E-state index is 0.000672. The number of pyridine rings is 1. The molecule has 1 N–H and O–H groups in total. The number of aromatic nitrogens is 1. The van der Waals surface area contributed by atoms with Crippen LogP contribution in [0.4, 0.5) is 5.82 Å². The fourth-order valence-electron chi connectivity index (χ4n) is 4.46. The molecule has 0 unspecified atom stereocenters. The van der Waals surface area contributed by atoms with Gasteiger partial charge in [0.25, 0.3) is 0 Å².